The third kappa shape index (κ3) is 3.66. The lowest BCUT2D eigenvalue weighted by Crippen LogP contribution is -2.67. The zero-order chi connectivity index (χ0) is 23.5. The predicted molar refractivity (Wildman–Crippen MR) is 129 cm³/mol. The molecule has 4 nitrogen and oxygen atoms in total. The van der Waals surface area contributed by atoms with Crippen molar-refractivity contribution < 1.29 is 9.72 Å². The van der Waals surface area contributed by atoms with Crippen LogP contribution in [0, 0.1) is 56.5 Å². The lowest BCUT2D eigenvalue weighted by Gasteiger charge is -2.63. The number of Topliss-reactive ketones (excluding diaryl/α,β-unsaturated/α-hetero) is 1. The first kappa shape index (κ1) is 24.5. The van der Waals surface area contributed by atoms with Gasteiger partial charge in [0, 0.05) is 24.2 Å². The minimum absolute atomic E-state index is 0.111. The van der Waals surface area contributed by atoms with Crippen molar-refractivity contribution in [3.05, 3.63) is 10.1 Å². The molecule has 4 aliphatic carbocycles. The van der Waals surface area contributed by atoms with Crippen molar-refractivity contribution in [3.63, 3.8) is 0 Å². The fourth-order valence-corrected chi connectivity index (χ4v) is 9.86. The van der Waals surface area contributed by atoms with Gasteiger partial charge in [0.25, 0.3) is 0 Å². The van der Waals surface area contributed by atoms with Crippen molar-refractivity contribution in [2.24, 2.45) is 46.3 Å². The van der Waals surface area contributed by atoms with Gasteiger partial charge in [0.2, 0.25) is 6.04 Å². The zero-order valence-corrected chi connectivity index (χ0v) is 21.6. The highest BCUT2D eigenvalue weighted by Gasteiger charge is 2.70. The number of hydrogen-bond acceptors (Lipinski definition) is 3. The summed E-state index contributed by atoms with van der Waals surface area (Å²) in [6.45, 7) is 11.8. The molecule has 0 saturated heterocycles. The maximum absolute atomic E-state index is 12.4. The van der Waals surface area contributed by atoms with Crippen molar-refractivity contribution in [1.82, 2.24) is 0 Å². The molecule has 0 spiro atoms. The molecule has 5 heteroatoms. The molecule has 0 aromatic heterocycles. The van der Waals surface area contributed by atoms with Crippen LogP contribution in [0.3, 0.4) is 0 Å². The van der Waals surface area contributed by atoms with Gasteiger partial charge in [0.15, 0.2) is 0 Å². The van der Waals surface area contributed by atoms with E-state index in [9.17, 15) is 14.9 Å². The Morgan fingerprint density at radius 2 is 1.81 bits per heavy atom. The van der Waals surface area contributed by atoms with Crippen LogP contribution >= 0.6 is 11.6 Å². The first-order chi connectivity index (χ1) is 14.9. The Morgan fingerprint density at radius 1 is 1.09 bits per heavy atom. The molecule has 0 aliphatic heterocycles. The Hall–Kier alpha value is -0.640. The average molecular weight is 466 g/mol. The normalized spacial score (nSPS) is 47.0. The van der Waals surface area contributed by atoms with E-state index in [1.807, 2.05) is 0 Å². The van der Waals surface area contributed by atoms with E-state index in [1.165, 1.54) is 38.5 Å². The minimum Gasteiger partial charge on any atom is -0.300 e. The van der Waals surface area contributed by atoms with E-state index in [1.54, 1.807) is 0 Å². The summed E-state index contributed by atoms with van der Waals surface area (Å²) >= 11 is 7.17. The van der Waals surface area contributed by atoms with Gasteiger partial charge in [-0.15, -0.1) is 11.6 Å². The van der Waals surface area contributed by atoms with Crippen LogP contribution in [0.1, 0.15) is 105 Å². The first-order valence-corrected chi connectivity index (χ1v) is 13.7. The lowest BCUT2D eigenvalue weighted by atomic mass is 9.43. The third-order valence-electron chi connectivity index (χ3n) is 11.1. The molecule has 0 radical (unpaired) electrons. The van der Waals surface area contributed by atoms with E-state index in [2.05, 4.69) is 34.6 Å². The summed E-state index contributed by atoms with van der Waals surface area (Å²) in [5, 5.41) is 12.3. The van der Waals surface area contributed by atoms with E-state index >= 15 is 0 Å². The highest BCUT2D eigenvalue weighted by Crippen LogP contribution is 2.70. The quantitative estimate of drug-likeness (QED) is 0.235. The highest BCUT2D eigenvalue weighted by molar-refractivity contribution is 6.26. The number of hydrogen-bond donors (Lipinski definition) is 0. The molecular weight excluding hydrogens is 422 g/mol. The van der Waals surface area contributed by atoms with Gasteiger partial charge in [-0.2, -0.15) is 0 Å². The molecule has 32 heavy (non-hydrogen) atoms. The van der Waals surface area contributed by atoms with Crippen molar-refractivity contribution >= 4 is 17.4 Å². The summed E-state index contributed by atoms with van der Waals surface area (Å²) in [5.74, 6) is 3.70. The van der Waals surface area contributed by atoms with Crippen LogP contribution in [-0.4, -0.2) is 21.6 Å². The van der Waals surface area contributed by atoms with E-state index in [-0.39, 0.29) is 22.5 Å². The summed E-state index contributed by atoms with van der Waals surface area (Å²) in [5.41, 5.74) is -0.0157. The van der Waals surface area contributed by atoms with Gasteiger partial charge in [-0.3, -0.25) is 14.9 Å². The number of ketones is 1. The van der Waals surface area contributed by atoms with Gasteiger partial charge >= 0.3 is 0 Å². The van der Waals surface area contributed by atoms with E-state index in [0.717, 1.165) is 30.6 Å². The Labute approximate surface area is 199 Å². The van der Waals surface area contributed by atoms with Crippen LogP contribution in [-0.2, 0) is 4.79 Å². The highest BCUT2D eigenvalue weighted by atomic mass is 35.5. The second kappa shape index (κ2) is 8.54. The fraction of sp³-hybridized carbons (Fsp3) is 0.963. The van der Waals surface area contributed by atoms with Crippen molar-refractivity contribution in [3.8, 4) is 0 Å². The second-order valence-corrected chi connectivity index (χ2v) is 13.6. The smallest absolute Gasteiger partial charge is 0.233 e. The number of fused-ring (bicyclic) bond motifs is 5. The van der Waals surface area contributed by atoms with E-state index in [4.69, 9.17) is 11.6 Å². The van der Waals surface area contributed by atoms with Gasteiger partial charge in [0.1, 0.15) is 10.7 Å². The molecule has 0 amide bonds. The van der Waals surface area contributed by atoms with Crippen LogP contribution in [0.25, 0.3) is 0 Å². The Kier molecular flexibility index (Phi) is 6.53. The van der Waals surface area contributed by atoms with Gasteiger partial charge < -0.3 is 0 Å². The molecule has 0 bridgehead atoms. The van der Waals surface area contributed by atoms with Crippen LogP contribution in [0.15, 0.2) is 0 Å². The number of rotatable bonds is 6. The third-order valence-corrected chi connectivity index (χ3v) is 11.9. The summed E-state index contributed by atoms with van der Waals surface area (Å²) in [7, 11) is 0. The number of alkyl halides is 1. The molecule has 0 N–H and O–H groups in total. The largest absolute Gasteiger partial charge is 0.300 e. The first-order valence-electron chi connectivity index (χ1n) is 13.3. The molecule has 4 rings (SSSR count). The summed E-state index contributed by atoms with van der Waals surface area (Å²) in [6, 6.07) is -0.801. The van der Waals surface area contributed by atoms with E-state index in [0.29, 0.717) is 36.0 Å². The van der Waals surface area contributed by atoms with Gasteiger partial charge in [-0.05, 0) is 78.4 Å². The monoisotopic (exact) mass is 465 g/mol. The lowest BCUT2D eigenvalue weighted by molar-refractivity contribution is -0.542. The fourth-order valence-electron chi connectivity index (χ4n) is 9.31. The molecule has 0 heterocycles. The molecule has 0 unspecified atom stereocenters. The van der Waals surface area contributed by atoms with Crippen LogP contribution in [0.5, 0.6) is 0 Å². The Morgan fingerprint density at radius 3 is 2.47 bits per heavy atom. The molecule has 0 aromatic rings. The standard InChI is InChI=1S/C27H44ClNO3/c1-17(2)7-6-8-18(3)21-9-10-22-20-15-24(29(31)32)27(28)16-19(30)11-14-26(27,5)23(20)12-13-25(21,22)4/h17-18,20-24H,6-16H2,1-5H3/t18-,20+,21-,22+,23+,24+,25-,26-,27+/m1/s1. The maximum Gasteiger partial charge on any atom is 0.233 e. The van der Waals surface area contributed by atoms with Crippen LogP contribution < -0.4 is 0 Å². The topological polar surface area (TPSA) is 60.2 Å². The number of halogens is 1. The second-order valence-electron chi connectivity index (χ2n) is 12.9. The number of carbonyl (C=O) groups is 1. The zero-order valence-electron chi connectivity index (χ0n) is 20.9. The van der Waals surface area contributed by atoms with Gasteiger partial charge in [-0.25, -0.2) is 0 Å². The number of carbonyl (C=O) groups excluding carboxylic acids is 1. The van der Waals surface area contributed by atoms with Crippen LogP contribution in [0.2, 0.25) is 0 Å². The summed E-state index contributed by atoms with van der Waals surface area (Å²) in [4.78, 5) is 23.5. The average Bonchev–Trinajstić information content (AvgIpc) is 3.05. The molecule has 4 fully saturated rings. The number of nitrogens with zero attached hydrogens (tertiary/aromatic N) is 1. The molecule has 4 aliphatic rings. The SMILES string of the molecule is CC(C)CCC[C@@H](C)[C@H]1CC[C@H]2[C@@H]3C[C@H]([N+](=O)[O-])[C@@]4(Cl)CC(=O)CC[C@]4(C)[C@H]3CC[C@]12C. The van der Waals surface area contributed by atoms with Gasteiger partial charge in [-0.1, -0.05) is 53.9 Å². The molecule has 4 saturated carbocycles. The molecule has 0 aromatic carbocycles. The maximum atomic E-state index is 12.4. The minimum atomic E-state index is -1.01. The van der Waals surface area contributed by atoms with Crippen molar-refractivity contribution in [1.29, 1.82) is 0 Å². The number of nitro groups is 1. The van der Waals surface area contributed by atoms with Crippen molar-refractivity contribution in [2.75, 3.05) is 0 Å². The Balaban J connectivity index is 1.59. The van der Waals surface area contributed by atoms with E-state index < -0.39 is 10.9 Å². The predicted octanol–water partition coefficient (Wildman–Crippen LogP) is 7.29. The van der Waals surface area contributed by atoms with Crippen LogP contribution in [0.4, 0.5) is 0 Å². The Bertz CT molecular complexity index is 755. The molecular formula is C27H44ClNO3. The van der Waals surface area contributed by atoms with Crippen molar-refractivity contribution in [2.45, 2.75) is 116 Å². The molecule has 9 atom stereocenters. The van der Waals surface area contributed by atoms with Gasteiger partial charge in [0.05, 0.1) is 0 Å². The summed E-state index contributed by atoms with van der Waals surface area (Å²) < 4.78 is 0. The molecule has 182 valence electrons. The summed E-state index contributed by atoms with van der Waals surface area (Å²) in [6.07, 6.45) is 10.8.